The quantitative estimate of drug-likeness (QED) is 0.792. The van der Waals surface area contributed by atoms with Gasteiger partial charge in [-0.15, -0.1) is 11.8 Å². The van der Waals surface area contributed by atoms with Crippen LogP contribution >= 0.6 is 27.7 Å². The number of halogens is 1. The Balaban J connectivity index is 2.61. The van der Waals surface area contributed by atoms with Crippen molar-refractivity contribution in [2.45, 2.75) is 31.7 Å². The van der Waals surface area contributed by atoms with E-state index in [1.54, 1.807) is 0 Å². The minimum absolute atomic E-state index is 0.952. The normalized spacial score (nSPS) is 10.6. The highest BCUT2D eigenvalue weighted by atomic mass is 79.9. The lowest BCUT2D eigenvalue weighted by molar-refractivity contribution is 0.726. The molecule has 3 heteroatoms. The third-order valence-electron chi connectivity index (χ3n) is 2.04. The van der Waals surface area contributed by atoms with Crippen LogP contribution in [0.5, 0.6) is 0 Å². The molecule has 15 heavy (non-hydrogen) atoms. The first-order chi connectivity index (χ1) is 7.27. The van der Waals surface area contributed by atoms with Crippen molar-refractivity contribution < 1.29 is 0 Å². The van der Waals surface area contributed by atoms with E-state index in [2.05, 4.69) is 53.3 Å². The van der Waals surface area contributed by atoms with Gasteiger partial charge < -0.3 is 5.32 Å². The fourth-order valence-corrected chi connectivity index (χ4v) is 2.81. The van der Waals surface area contributed by atoms with Gasteiger partial charge in [-0.25, -0.2) is 0 Å². The second-order valence-corrected chi connectivity index (χ2v) is 5.38. The van der Waals surface area contributed by atoms with Gasteiger partial charge >= 0.3 is 0 Å². The van der Waals surface area contributed by atoms with E-state index in [0.717, 1.165) is 13.1 Å². The van der Waals surface area contributed by atoms with Gasteiger partial charge in [-0.1, -0.05) is 19.9 Å². The number of rotatable bonds is 6. The molecule has 0 heterocycles. The van der Waals surface area contributed by atoms with Crippen molar-refractivity contribution in [2.75, 3.05) is 12.3 Å². The molecule has 0 aliphatic rings. The maximum Gasteiger partial charge on any atom is 0.0314 e. The van der Waals surface area contributed by atoms with Crippen molar-refractivity contribution in [1.29, 1.82) is 0 Å². The first-order valence-corrected chi connectivity index (χ1v) is 7.17. The summed E-state index contributed by atoms with van der Waals surface area (Å²) in [4.78, 5) is 1.34. The molecular weight excluding hydrogens is 270 g/mol. The summed E-state index contributed by atoms with van der Waals surface area (Å²) in [7, 11) is 0. The highest BCUT2D eigenvalue weighted by molar-refractivity contribution is 9.10. The highest BCUT2D eigenvalue weighted by Crippen LogP contribution is 2.28. The number of benzene rings is 1. The van der Waals surface area contributed by atoms with E-state index in [-0.39, 0.29) is 0 Å². The Kier molecular flexibility index (Phi) is 6.37. The van der Waals surface area contributed by atoms with Crippen LogP contribution < -0.4 is 5.32 Å². The molecule has 1 aromatic carbocycles. The zero-order valence-corrected chi connectivity index (χ0v) is 11.7. The number of hydrogen-bond acceptors (Lipinski definition) is 2. The Morgan fingerprint density at radius 2 is 2.13 bits per heavy atom. The summed E-state index contributed by atoms with van der Waals surface area (Å²) in [5, 5.41) is 3.33. The van der Waals surface area contributed by atoms with Crippen molar-refractivity contribution in [2.24, 2.45) is 0 Å². The van der Waals surface area contributed by atoms with Crippen LogP contribution in [-0.4, -0.2) is 12.3 Å². The fourth-order valence-electron chi connectivity index (χ4n) is 1.25. The van der Waals surface area contributed by atoms with E-state index >= 15 is 0 Å². The third-order valence-corrected chi connectivity index (χ3v) is 4.24. The first kappa shape index (κ1) is 13.1. The maximum absolute atomic E-state index is 3.62. The Hall–Kier alpha value is 0.01000. The van der Waals surface area contributed by atoms with Crippen LogP contribution in [-0.2, 0) is 6.54 Å². The van der Waals surface area contributed by atoms with E-state index in [1.807, 2.05) is 11.8 Å². The molecule has 1 rings (SSSR count). The average molecular weight is 288 g/mol. The maximum atomic E-state index is 3.62. The second kappa shape index (κ2) is 7.31. The lowest BCUT2D eigenvalue weighted by Crippen LogP contribution is -2.11. The lowest BCUT2D eigenvalue weighted by Gasteiger charge is -2.07. The molecule has 0 bridgehead atoms. The number of nitrogens with one attached hydrogen (secondary N) is 1. The van der Waals surface area contributed by atoms with Gasteiger partial charge in [-0.3, -0.25) is 0 Å². The van der Waals surface area contributed by atoms with Crippen LogP contribution in [0.4, 0.5) is 0 Å². The molecule has 1 aromatic rings. The third kappa shape index (κ3) is 4.58. The molecule has 0 radical (unpaired) electrons. The van der Waals surface area contributed by atoms with Gasteiger partial charge in [0.25, 0.3) is 0 Å². The minimum atomic E-state index is 0.952. The molecule has 0 aromatic heterocycles. The topological polar surface area (TPSA) is 12.0 Å². The molecule has 0 atom stereocenters. The molecule has 1 nitrogen and oxygen atoms in total. The largest absolute Gasteiger partial charge is 0.313 e. The van der Waals surface area contributed by atoms with Crippen molar-refractivity contribution in [3.05, 3.63) is 28.2 Å². The molecular formula is C12H18BrNS. The van der Waals surface area contributed by atoms with Crippen LogP contribution in [0.15, 0.2) is 27.6 Å². The molecule has 1 N–H and O–H groups in total. The molecule has 0 spiro atoms. The van der Waals surface area contributed by atoms with Crippen molar-refractivity contribution >= 4 is 27.7 Å². The molecule has 0 amide bonds. The van der Waals surface area contributed by atoms with Crippen LogP contribution in [0.2, 0.25) is 0 Å². The molecule has 0 unspecified atom stereocenters. The summed E-state index contributed by atoms with van der Waals surface area (Å²) in [5.41, 5.74) is 1.34. The number of hydrogen-bond donors (Lipinski definition) is 1. The van der Waals surface area contributed by atoms with Crippen molar-refractivity contribution in [3.63, 3.8) is 0 Å². The lowest BCUT2D eigenvalue weighted by atomic mass is 10.2. The van der Waals surface area contributed by atoms with Gasteiger partial charge in [-0.05, 0) is 52.3 Å². The van der Waals surface area contributed by atoms with Crippen LogP contribution in [0.1, 0.15) is 25.8 Å². The van der Waals surface area contributed by atoms with Gasteiger partial charge in [0, 0.05) is 15.9 Å². The average Bonchev–Trinajstić information content (AvgIpc) is 2.25. The summed E-state index contributed by atoms with van der Waals surface area (Å²) < 4.78 is 1.22. The van der Waals surface area contributed by atoms with E-state index in [1.165, 1.54) is 27.1 Å². The van der Waals surface area contributed by atoms with E-state index in [4.69, 9.17) is 0 Å². The Bertz CT molecular complexity index is 302. The highest BCUT2D eigenvalue weighted by Gasteiger charge is 2.01. The molecule has 84 valence electrons. The van der Waals surface area contributed by atoms with Crippen LogP contribution in [0.3, 0.4) is 0 Å². The molecule has 0 saturated heterocycles. The standard InChI is InChI=1S/C12H18BrNS/c1-3-7-15-12-6-5-10(8-11(12)13)9-14-4-2/h5-6,8,14H,3-4,7,9H2,1-2H3. The molecule has 0 aliphatic heterocycles. The monoisotopic (exact) mass is 287 g/mol. The van der Waals surface area contributed by atoms with Crippen molar-refractivity contribution in [3.8, 4) is 0 Å². The Morgan fingerprint density at radius 1 is 1.33 bits per heavy atom. The minimum Gasteiger partial charge on any atom is -0.313 e. The predicted octanol–water partition coefficient (Wildman–Crippen LogP) is 4.06. The molecule has 0 saturated carbocycles. The summed E-state index contributed by atoms with van der Waals surface area (Å²) in [6.07, 6.45) is 1.22. The van der Waals surface area contributed by atoms with Gasteiger partial charge in [-0.2, -0.15) is 0 Å². The SMILES string of the molecule is CCCSc1ccc(CNCC)cc1Br. The molecule has 0 fully saturated rings. The summed E-state index contributed by atoms with van der Waals surface area (Å²) in [5.74, 6) is 1.19. The zero-order chi connectivity index (χ0) is 11.1. The van der Waals surface area contributed by atoms with E-state index in [9.17, 15) is 0 Å². The zero-order valence-electron chi connectivity index (χ0n) is 9.35. The number of thioether (sulfide) groups is 1. The van der Waals surface area contributed by atoms with Crippen LogP contribution in [0, 0.1) is 0 Å². The summed E-state index contributed by atoms with van der Waals surface area (Å²) >= 11 is 5.53. The van der Waals surface area contributed by atoms with Gasteiger partial charge in [0.1, 0.15) is 0 Å². The smallest absolute Gasteiger partial charge is 0.0314 e. The summed E-state index contributed by atoms with van der Waals surface area (Å²) in [6, 6.07) is 6.61. The van der Waals surface area contributed by atoms with Gasteiger partial charge in [0.05, 0.1) is 0 Å². The Morgan fingerprint density at radius 3 is 2.73 bits per heavy atom. The second-order valence-electron chi connectivity index (χ2n) is 3.39. The Labute approximate surface area is 105 Å². The molecule has 0 aliphatic carbocycles. The van der Waals surface area contributed by atoms with Gasteiger partial charge in [0.2, 0.25) is 0 Å². The first-order valence-electron chi connectivity index (χ1n) is 5.39. The van der Waals surface area contributed by atoms with E-state index in [0.29, 0.717) is 0 Å². The van der Waals surface area contributed by atoms with Gasteiger partial charge in [0.15, 0.2) is 0 Å². The fraction of sp³-hybridized carbons (Fsp3) is 0.500. The predicted molar refractivity (Wildman–Crippen MR) is 72.5 cm³/mol. The van der Waals surface area contributed by atoms with Crippen LogP contribution in [0.25, 0.3) is 0 Å². The summed E-state index contributed by atoms with van der Waals surface area (Å²) in [6.45, 7) is 6.30. The van der Waals surface area contributed by atoms with Crippen molar-refractivity contribution in [1.82, 2.24) is 5.32 Å². The van der Waals surface area contributed by atoms with E-state index < -0.39 is 0 Å².